The lowest BCUT2D eigenvalue weighted by Gasteiger charge is -2.12. The van der Waals surface area contributed by atoms with Crippen LogP contribution in [-0.4, -0.2) is 23.6 Å². The number of fused-ring (bicyclic) bond motifs is 1. The van der Waals surface area contributed by atoms with Crippen molar-refractivity contribution in [1.29, 1.82) is 0 Å². The van der Waals surface area contributed by atoms with Gasteiger partial charge in [0.1, 0.15) is 5.82 Å². The molecular formula is C20H23N3. The number of nitrogens with zero attached hydrogens (tertiary/aromatic N) is 3. The van der Waals surface area contributed by atoms with Crippen molar-refractivity contribution in [3.05, 3.63) is 59.9 Å². The van der Waals surface area contributed by atoms with Gasteiger partial charge in [0.25, 0.3) is 0 Å². The first-order chi connectivity index (χ1) is 11.1. The maximum atomic E-state index is 4.76. The predicted octanol–water partition coefficient (Wildman–Crippen LogP) is 4.85. The third-order valence-electron chi connectivity index (χ3n) is 3.97. The summed E-state index contributed by atoms with van der Waals surface area (Å²) < 4.78 is 2.28. The summed E-state index contributed by atoms with van der Waals surface area (Å²) in [6.07, 6.45) is 4.23. The van der Waals surface area contributed by atoms with Crippen LogP contribution in [0.1, 0.15) is 31.3 Å². The average Bonchev–Trinajstić information content (AvgIpc) is 2.91. The molecule has 0 radical (unpaired) electrons. The number of aromatic nitrogens is 2. The van der Waals surface area contributed by atoms with E-state index in [1.165, 1.54) is 16.8 Å². The van der Waals surface area contributed by atoms with Crippen LogP contribution in [-0.2, 0) is 0 Å². The molecule has 3 nitrogen and oxygen atoms in total. The molecule has 0 saturated carbocycles. The molecule has 2 aromatic carbocycles. The van der Waals surface area contributed by atoms with E-state index in [1.54, 1.807) is 0 Å². The Hall–Kier alpha value is -2.55. The highest BCUT2D eigenvalue weighted by atomic mass is 15.1. The summed E-state index contributed by atoms with van der Waals surface area (Å²) in [6, 6.07) is 17.2. The van der Waals surface area contributed by atoms with E-state index in [2.05, 4.69) is 92.0 Å². The second kappa shape index (κ2) is 6.29. The second-order valence-electron chi connectivity index (χ2n) is 6.24. The normalized spacial score (nSPS) is 11.7. The van der Waals surface area contributed by atoms with E-state index in [4.69, 9.17) is 4.98 Å². The molecule has 0 spiro atoms. The molecule has 3 rings (SSSR count). The van der Waals surface area contributed by atoms with Crippen molar-refractivity contribution < 1.29 is 0 Å². The van der Waals surface area contributed by atoms with Crippen molar-refractivity contribution in [2.24, 2.45) is 0 Å². The maximum Gasteiger partial charge on any atom is 0.134 e. The van der Waals surface area contributed by atoms with E-state index in [0.717, 1.165) is 11.3 Å². The van der Waals surface area contributed by atoms with Crippen LogP contribution >= 0.6 is 0 Å². The fourth-order valence-electron chi connectivity index (χ4n) is 2.78. The average molecular weight is 305 g/mol. The minimum Gasteiger partial charge on any atom is -0.378 e. The van der Waals surface area contributed by atoms with Crippen LogP contribution in [0.25, 0.3) is 23.2 Å². The van der Waals surface area contributed by atoms with E-state index in [1.807, 2.05) is 6.07 Å². The quantitative estimate of drug-likeness (QED) is 0.687. The highest BCUT2D eigenvalue weighted by Crippen LogP contribution is 2.22. The number of benzene rings is 2. The van der Waals surface area contributed by atoms with Crippen LogP contribution in [0.3, 0.4) is 0 Å². The van der Waals surface area contributed by atoms with Crippen molar-refractivity contribution >= 4 is 28.9 Å². The predicted molar refractivity (Wildman–Crippen MR) is 99.8 cm³/mol. The molecule has 1 aromatic heterocycles. The van der Waals surface area contributed by atoms with Gasteiger partial charge < -0.3 is 9.47 Å². The molecule has 0 unspecified atom stereocenters. The molecule has 0 aliphatic heterocycles. The fourth-order valence-corrected chi connectivity index (χ4v) is 2.78. The van der Waals surface area contributed by atoms with Gasteiger partial charge >= 0.3 is 0 Å². The first-order valence-electron chi connectivity index (χ1n) is 7.98. The molecule has 23 heavy (non-hydrogen) atoms. The zero-order valence-corrected chi connectivity index (χ0v) is 14.2. The Kier molecular flexibility index (Phi) is 4.20. The minimum absolute atomic E-state index is 0.373. The summed E-state index contributed by atoms with van der Waals surface area (Å²) >= 11 is 0. The summed E-state index contributed by atoms with van der Waals surface area (Å²) in [4.78, 5) is 6.87. The number of imidazole rings is 1. The van der Waals surface area contributed by atoms with E-state index >= 15 is 0 Å². The van der Waals surface area contributed by atoms with Gasteiger partial charge in [-0.1, -0.05) is 30.3 Å². The molecule has 0 aliphatic rings. The smallest absolute Gasteiger partial charge is 0.134 e. The second-order valence-corrected chi connectivity index (χ2v) is 6.24. The molecular weight excluding hydrogens is 282 g/mol. The lowest BCUT2D eigenvalue weighted by molar-refractivity contribution is 0.612. The highest BCUT2D eigenvalue weighted by molar-refractivity contribution is 5.80. The van der Waals surface area contributed by atoms with Crippen molar-refractivity contribution in [3.63, 3.8) is 0 Å². The zero-order valence-electron chi connectivity index (χ0n) is 14.2. The molecule has 0 atom stereocenters. The number of hydrogen-bond donors (Lipinski definition) is 0. The first kappa shape index (κ1) is 15.3. The van der Waals surface area contributed by atoms with Gasteiger partial charge in [0, 0.05) is 25.8 Å². The molecule has 0 amide bonds. The van der Waals surface area contributed by atoms with Gasteiger partial charge in [-0.05, 0) is 49.8 Å². The van der Waals surface area contributed by atoms with Crippen LogP contribution in [0.15, 0.2) is 48.5 Å². The number of hydrogen-bond acceptors (Lipinski definition) is 2. The Morgan fingerprint density at radius 3 is 2.30 bits per heavy atom. The molecule has 0 bridgehead atoms. The van der Waals surface area contributed by atoms with Gasteiger partial charge in [0.15, 0.2) is 0 Å². The largest absolute Gasteiger partial charge is 0.378 e. The van der Waals surface area contributed by atoms with Crippen LogP contribution in [0.5, 0.6) is 0 Å². The van der Waals surface area contributed by atoms with Crippen molar-refractivity contribution in [2.75, 3.05) is 19.0 Å². The van der Waals surface area contributed by atoms with Crippen LogP contribution in [0, 0.1) is 0 Å². The lowest BCUT2D eigenvalue weighted by atomic mass is 10.2. The highest BCUT2D eigenvalue weighted by Gasteiger charge is 2.10. The van der Waals surface area contributed by atoms with E-state index in [0.29, 0.717) is 6.04 Å². The molecule has 1 heterocycles. The number of para-hydroxylation sites is 2. The molecule has 0 aliphatic carbocycles. The molecule has 0 N–H and O–H groups in total. The SMILES string of the molecule is CC(C)n1c(/C=C/c2ccc(N(C)C)cc2)nc2ccccc21. The van der Waals surface area contributed by atoms with Crippen molar-refractivity contribution in [3.8, 4) is 0 Å². The summed E-state index contributed by atoms with van der Waals surface area (Å²) in [7, 11) is 4.10. The molecule has 0 saturated heterocycles. The lowest BCUT2D eigenvalue weighted by Crippen LogP contribution is -2.07. The minimum atomic E-state index is 0.373. The third-order valence-corrected chi connectivity index (χ3v) is 3.97. The maximum absolute atomic E-state index is 4.76. The third kappa shape index (κ3) is 3.14. The Labute approximate surface area is 137 Å². The van der Waals surface area contributed by atoms with E-state index in [-0.39, 0.29) is 0 Å². The summed E-state index contributed by atoms with van der Waals surface area (Å²) in [5.74, 6) is 0.998. The van der Waals surface area contributed by atoms with E-state index < -0.39 is 0 Å². The van der Waals surface area contributed by atoms with Gasteiger partial charge in [-0.2, -0.15) is 0 Å². The summed E-state index contributed by atoms with van der Waals surface area (Å²) in [5.41, 5.74) is 4.61. The molecule has 3 aromatic rings. The van der Waals surface area contributed by atoms with Gasteiger partial charge in [0.05, 0.1) is 11.0 Å². The van der Waals surface area contributed by atoms with Gasteiger partial charge in [-0.25, -0.2) is 4.98 Å². The number of anilines is 1. The van der Waals surface area contributed by atoms with Gasteiger partial charge in [-0.3, -0.25) is 0 Å². The zero-order chi connectivity index (χ0) is 16.4. The Morgan fingerprint density at radius 2 is 1.65 bits per heavy atom. The Morgan fingerprint density at radius 1 is 0.957 bits per heavy atom. The topological polar surface area (TPSA) is 21.1 Å². The summed E-state index contributed by atoms with van der Waals surface area (Å²) in [5, 5.41) is 0. The van der Waals surface area contributed by atoms with Crippen LogP contribution < -0.4 is 4.90 Å². The Bertz CT molecular complexity index is 824. The standard InChI is InChI=1S/C20H23N3/c1-15(2)23-19-8-6-5-7-18(19)21-20(23)14-11-16-9-12-17(13-10-16)22(3)4/h5-15H,1-4H3/b14-11+. The monoisotopic (exact) mass is 305 g/mol. The molecule has 0 fully saturated rings. The van der Waals surface area contributed by atoms with Crippen molar-refractivity contribution in [1.82, 2.24) is 9.55 Å². The van der Waals surface area contributed by atoms with Crippen molar-refractivity contribution in [2.45, 2.75) is 19.9 Å². The summed E-state index contributed by atoms with van der Waals surface area (Å²) in [6.45, 7) is 4.38. The molecule has 3 heteroatoms. The van der Waals surface area contributed by atoms with Gasteiger partial charge in [0.2, 0.25) is 0 Å². The fraction of sp³-hybridized carbons (Fsp3) is 0.250. The Balaban J connectivity index is 1.95. The van der Waals surface area contributed by atoms with Gasteiger partial charge in [-0.15, -0.1) is 0 Å². The van der Waals surface area contributed by atoms with Crippen LogP contribution in [0.4, 0.5) is 5.69 Å². The van der Waals surface area contributed by atoms with E-state index in [9.17, 15) is 0 Å². The first-order valence-corrected chi connectivity index (χ1v) is 7.98. The van der Waals surface area contributed by atoms with Crippen LogP contribution in [0.2, 0.25) is 0 Å². The number of rotatable bonds is 4. The molecule has 118 valence electrons.